The van der Waals surface area contributed by atoms with Crippen molar-refractivity contribution in [1.29, 1.82) is 0 Å². The van der Waals surface area contributed by atoms with Gasteiger partial charge in [-0.15, -0.1) is 0 Å². The van der Waals surface area contributed by atoms with Gasteiger partial charge in [-0.2, -0.15) is 0 Å². The molecule has 0 aliphatic heterocycles. The van der Waals surface area contributed by atoms with Crippen LogP contribution in [0, 0.1) is 0 Å². The zero-order chi connectivity index (χ0) is 33.4. The van der Waals surface area contributed by atoms with Crippen LogP contribution in [-0.2, 0) is 68.2 Å². The number of rotatable bonds is 40. The first-order valence-electron chi connectivity index (χ1n) is 16.5. The molecule has 0 aromatic heterocycles. The molecule has 0 radical (unpaired) electrons. The lowest BCUT2D eigenvalue weighted by molar-refractivity contribution is -0.0292. The van der Waals surface area contributed by atoms with Crippen molar-refractivity contribution in [1.82, 2.24) is 0 Å². The Morgan fingerprint density at radius 1 is 0.277 bits per heavy atom. The zero-order valence-corrected chi connectivity index (χ0v) is 28.2. The van der Waals surface area contributed by atoms with E-state index in [0.717, 1.165) is 5.56 Å². The van der Waals surface area contributed by atoms with Gasteiger partial charge in [0.05, 0.1) is 172 Å². The van der Waals surface area contributed by atoms with Crippen LogP contribution in [0.15, 0.2) is 30.3 Å². The van der Waals surface area contributed by atoms with E-state index in [-0.39, 0.29) is 6.61 Å². The van der Waals surface area contributed by atoms with Crippen LogP contribution in [-0.4, -0.2) is 172 Å². The summed E-state index contributed by atoms with van der Waals surface area (Å²) in [6.45, 7) is 12.2. The molecule has 0 amide bonds. The van der Waals surface area contributed by atoms with E-state index in [1.54, 1.807) is 0 Å². The van der Waals surface area contributed by atoms with E-state index in [4.69, 9.17) is 61.6 Å². The molecular formula is C33H59FO13. The van der Waals surface area contributed by atoms with Gasteiger partial charge in [0.25, 0.3) is 0 Å². The molecule has 0 fully saturated rings. The van der Waals surface area contributed by atoms with Crippen LogP contribution in [0.3, 0.4) is 0 Å². The van der Waals surface area contributed by atoms with Gasteiger partial charge in [-0.05, 0) is 5.56 Å². The predicted octanol–water partition coefficient (Wildman–Crippen LogP) is 2.37. The van der Waals surface area contributed by atoms with Gasteiger partial charge in [-0.25, -0.2) is 4.39 Å². The Morgan fingerprint density at radius 3 is 0.723 bits per heavy atom. The first-order chi connectivity index (χ1) is 23.4. The number of halogens is 1. The number of benzene rings is 1. The highest BCUT2D eigenvalue weighted by Gasteiger charge is 1.97. The summed E-state index contributed by atoms with van der Waals surface area (Å²) in [5, 5.41) is 0. The minimum absolute atomic E-state index is 0.112. The Morgan fingerprint density at radius 2 is 0.489 bits per heavy atom. The Balaban J connectivity index is 1.60. The van der Waals surface area contributed by atoms with Gasteiger partial charge in [-0.1, -0.05) is 30.3 Å². The minimum Gasteiger partial charge on any atom is -0.377 e. The summed E-state index contributed by atoms with van der Waals surface area (Å²) in [4.78, 5) is 0. The number of hydrogen-bond acceptors (Lipinski definition) is 13. The molecule has 0 saturated carbocycles. The molecule has 14 heteroatoms. The number of ether oxygens (including phenoxy) is 13. The summed E-state index contributed by atoms with van der Waals surface area (Å²) >= 11 is 0. The van der Waals surface area contributed by atoms with E-state index in [1.807, 2.05) is 30.3 Å². The van der Waals surface area contributed by atoms with Crippen molar-refractivity contribution in [3.05, 3.63) is 35.9 Å². The van der Waals surface area contributed by atoms with Gasteiger partial charge < -0.3 is 61.6 Å². The van der Waals surface area contributed by atoms with E-state index in [9.17, 15) is 4.39 Å². The van der Waals surface area contributed by atoms with Gasteiger partial charge in [0.1, 0.15) is 6.67 Å². The van der Waals surface area contributed by atoms with E-state index in [2.05, 4.69) is 0 Å². The van der Waals surface area contributed by atoms with Crippen LogP contribution in [0.4, 0.5) is 4.39 Å². The molecule has 1 aromatic rings. The Kier molecular flexibility index (Phi) is 36.3. The van der Waals surface area contributed by atoms with Crippen molar-refractivity contribution in [3.8, 4) is 0 Å². The highest BCUT2D eigenvalue weighted by molar-refractivity contribution is 5.13. The van der Waals surface area contributed by atoms with Crippen molar-refractivity contribution in [2.45, 2.75) is 6.61 Å². The number of alkyl halides is 1. The topological polar surface area (TPSA) is 120 Å². The lowest BCUT2D eigenvalue weighted by Gasteiger charge is -2.09. The van der Waals surface area contributed by atoms with Crippen molar-refractivity contribution >= 4 is 0 Å². The molecule has 0 bridgehead atoms. The molecule has 0 aliphatic rings. The van der Waals surface area contributed by atoms with Crippen molar-refractivity contribution in [2.24, 2.45) is 0 Å². The molecule has 0 atom stereocenters. The minimum atomic E-state index is -0.476. The normalized spacial score (nSPS) is 11.5. The average Bonchev–Trinajstić information content (AvgIpc) is 3.09. The van der Waals surface area contributed by atoms with Crippen LogP contribution in [0.1, 0.15) is 5.56 Å². The molecule has 47 heavy (non-hydrogen) atoms. The maximum atomic E-state index is 11.8. The lowest BCUT2D eigenvalue weighted by Crippen LogP contribution is -2.15. The highest BCUT2D eigenvalue weighted by atomic mass is 19.1. The third kappa shape index (κ3) is 35.8. The second kappa shape index (κ2) is 39.1. The van der Waals surface area contributed by atoms with Crippen molar-refractivity contribution < 1.29 is 66.0 Å². The predicted molar refractivity (Wildman–Crippen MR) is 172 cm³/mol. The van der Waals surface area contributed by atoms with E-state index in [1.165, 1.54) is 0 Å². The van der Waals surface area contributed by atoms with E-state index < -0.39 is 6.67 Å². The fourth-order valence-corrected chi connectivity index (χ4v) is 3.46. The van der Waals surface area contributed by atoms with Gasteiger partial charge in [0, 0.05) is 0 Å². The third-order valence-electron chi connectivity index (χ3n) is 5.80. The molecule has 0 saturated heterocycles. The second-order valence-corrected chi connectivity index (χ2v) is 9.58. The quantitative estimate of drug-likeness (QED) is 0.0944. The van der Waals surface area contributed by atoms with Crippen molar-refractivity contribution in [2.75, 3.05) is 172 Å². The third-order valence-corrected chi connectivity index (χ3v) is 5.80. The van der Waals surface area contributed by atoms with Crippen LogP contribution >= 0.6 is 0 Å². The standard InChI is InChI=1S/C33H59FO13/c34-6-7-35-8-9-36-10-11-37-12-13-38-14-15-39-16-17-40-18-19-41-20-21-42-22-23-43-24-25-44-26-27-45-28-29-46-30-31-47-32-33-4-2-1-3-5-33/h1-5H,6-32H2. The largest absolute Gasteiger partial charge is 0.377 e. The summed E-state index contributed by atoms with van der Waals surface area (Å²) in [5.41, 5.74) is 1.16. The lowest BCUT2D eigenvalue weighted by atomic mass is 10.2. The molecule has 0 unspecified atom stereocenters. The van der Waals surface area contributed by atoms with Gasteiger partial charge in [0.2, 0.25) is 0 Å². The SMILES string of the molecule is FCCOCCOCCOCCOCCOCCOCCOCCOCCOCCOCCOCCOCCOCc1ccccc1. The van der Waals surface area contributed by atoms with Crippen LogP contribution < -0.4 is 0 Å². The zero-order valence-electron chi connectivity index (χ0n) is 28.2. The van der Waals surface area contributed by atoms with E-state index in [0.29, 0.717) is 165 Å². The molecular weight excluding hydrogens is 623 g/mol. The fraction of sp³-hybridized carbons (Fsp3) is 0.818. The second-order valence-electron chi connectivity index (χ2n) is 9.58. The maximum Gasteiger partial charge on any atom is 0.113 e. The summed E-state index contributed by atoms with van der Waals surface area (Å²) in [6, 6.07) is 10.1. The van der Waals surface area contributed by atoms with Crippen LogP contribution in [0.2, 0.25) is 0 Å². The maximum absolute atomic E-state index is 11.8. The average molecular weight is 683 g/mol. The molecule has 1 rings (SSSR count). The van der Waals surface area contributed by atoms with Crippen LogP contribution in [0.5, 0.6) is 0 Å². The highest BCUT2D eigenvalue weighted by Crippen LogP contribution is 2.00. The monoisotopic (exact) mass is 682 g/mol. The molecule has 0 spiro atoms. The Bertz CT molecular complexity index is 708. The summed E-state index contributed by atoms with van der Waals surface area (Å²) in [6.07, 6.45) is 0. The first kappa shape index (κ1) is 43.7. The molecule has 1 aromatic carbocycles. The first-order valence-corrected chi connectivity index (χ1v) is 16.5. The number of hydrogen-bond donors (Lipinski definition) is 0. The molecule has 0 aliphatic carbocycles. The van der Waals surface area contributed by atoms with Gasteiger partial charge in [0.15, 0.2) is 0 Å². The Labute approximate surface area is 280 Å². The Hall–Kier alpha value is -1.37. The smallest absolute Gasteiger partial charge is 0.113 e. The van der Waals surface area contributed by atoms with Gasteiger partial charge >= 0.3 is 0 Å². The van der Waals surface area contributed by atoms with Crippen molar-refractivity contribution in [3.63, 3.8) is 0 Å². The molecule has 0 heterocycles. The summed E-state index contributed by atoms with van der Waals surface area (Å²) in [7, 11) is 0. The fourth-order valence-electron chi connectivity index (χ4n) is 3.46. The molecule has 0 N–H and O–H groups in total. The summed E-state index contributed by atoms with van der Waals surface area (Å²) in [5.74, 6) is 0. The van der Waals surface area contributed by atoms with Crippen LogP contribution in [0.25, 0.3) is 0 Å². The van der Waals surface area contributed by atoms with E-state index >= 15 is 0 Å². The molecule has 13 nitrogen and oxygen atoms in total. The molecule has 276 valence electrons. The van der Waals surface area contributed by atoms with Gasteiger partial charge in [-0.3, -0.25) is 0 Å². The summed E-state index contributed by atoms with van der Waals surface area (Å²) < 4.78 is 82.2.